The van der Waals surface area contributed by atoms with Crippen LogP contribution in [-0.2, 0) is 9.59 Å². The lowest BCUT2D eigenvalue weighted by molar-refractivity contribution is -0.146. The van der Waals surface area contributed by atoms with Crippen LogP contribution in [0.15, 0.2) is 18.2 Å². The number of anilines is 1. The molecule has 4 bridgehead atoms. The van der Waals surface area contributed by atoms with Gasteiger partial charge in [-0.15, -0.1) is 0 Å². The molecule has 0 unspecified atom stereocenters. The molecule has 1 aromatic carbocycles. The Hall–Kier alpha value is -2.70. The van der Waals surface area contributed by atoms with Gasteiger partial charge in [0.1, 0.15) is 0 Å². The van der Waals surface area contributed by atoms with E-state index < -0.39 is 0 Å². The summed E-state index contributed by atoms with van der Waals surface area (Å²) in [6.45, 7) is 0.303. The van der Waals surface area contributed by atoms with Crippen LogP contribution < -0.4 is 10.6 Å². The smallest absolute Gasteiger partial charge is 0.261 e. The van der Waals surface area contributed by atoms with Crippen LogP contribution in [0.5, 0.6) is 0 Å². The number of carbonyl (C=O) groups is 4. The lowest BCUT2D eigenvalue weighted by Crippen LogP contribution is -2.53. The van der Waals surface area contributed by atoms with Gasteiger partial charge in [-0.25, -0.2) is 0 Å². The highest BCUT2D eigenvalue weighted by Crippen LogP contribution is 2.60. The molecule has 6 rings (SSSR count). The van der Waals surface area contributed by atoms with Gasteiger partial charge in [0.25, 0.3) is 11.8 Å². The summed E-state index contributed by atoms with van der Waals surface area (Å²) in [4.78, 5) is 50.4. The van der Waals surface area contributed by atoms with Crippen molar-refractivity contribution in [1.82, 2.24) is 10.2 Å². The summed E-state index contributed by atoms with van der Waals surface area (Å²) in [6.07, 6.45) is 7.06. The van der Waals surface area contributed by atoms with Crippen LogP contribution in [0, 0.1) is 23.2 Å². The van der Waals surface area contributed by atoms with Gasteiger partial charge in [-0.2, -0.15) is 0 Å². The highest BCUT2D eigenvalue weighted by molar-refractivity contribution is 6.21. The highest BCUT2D eigenvalue weighted by atomic mass is 16.2. The number of nitrogens with one attached hydrogen (secondary N) is 2. The van der Waals surface area contributed by atoms with Crippen LogP contribution in [0.2, 0.25) is 0 Å². The molecule has 30 heavy (non-hydrogen) atoms. The number of hydrogen-bond acceptors (Lipinski definition) is 4. The van der Waals surface area contributed by atoms with Crippen molar-refractivity contribution in [3.63, 3.8) is 0 Å². The van der Waals surface area contributed by atoms with E-state index in [1.54, 1.807) is 12.1 Å². The van der Waals surface area contributed by atoms with Crippen molar-refractivity contribution in [2.45, 2.75) is 44.9 Å². The maximum atomic E-state index is 12.9. The van der Waals surface area contributed by atoms with E-state index >= 15 is 0 Å². The maximum Gasteiger partial charge on any atom is 0.261 e. The molecule has 0 saturated heterocycles. The Morgan fingerprint density at radius 1 is 1.00 bits per heavy atom. The Morgan fingerprint density at radius 3 is 2.23 bits per heavy atom. The van der Waals surface area contributed by atoms with E-state index in [-0.39, 0.29) is 35.5 Å². The average Bonchev–Trinajstić information content (AvgIpc) is 2.91. The standard InChI is InChI=1S/C23H27N3O4/c1-26-20(28)17-3-2-16(9-18(17)21(26)29)25-19(27)4-5-24-22(30)23-10-13-6-14(11-23)8-15(7-13)12-23/h2-3,9,13-15H,4-8,10-12H2,1H3,(H,24,30)(H,25,27). The third kappa shape index (κ3) is 3.11. The van der Waals surface area contributed by atoms with Crippen molar-refractivity contribution in [3.8, 4) is 0 Å². The molecule has 7 heteroatoms. The van der Waals surface area contributed by atoms with Crippen molar-refractivity contribution in [3.05, 3.63) is 29.3 Å². The summed E-state index contributed by atoms with van der Waals surface area (Å²) < 4.78 is 0. The van der Waals surface area contributed by atoms with E-state index in [0.717, 1.165) is 24.2 Å². The first-order valence-electron chi connectivity index (χ1n) is 10.9. The first-order chi connectivity index (χ1) is 14.3. The molecule has 0 aromatic heterocycles. The van der Waals surface area contributed by atoms with Crippen LogP contribution in [0.3, 0.4) is 0 Å². The Kier molecular flexibility index (Phi) is 4.45. The third-order valence-corrected chi connectivity index (χ3v) is 7.53. The molecule has 4 aliphatic carbocycles. The molecule has 7 nitrogen and oxygen atoms in total. The zero-order valence-electron chi connectivity index (χ0n) is 17.2. The molecule has 0 atom stereocenters. The second-order valence-electron chi connectivity index (χ2n) is 9.68. The average molecular weight is 409 g/mol. The monoisotopic (exact) mass is 409 g/mol. The van der Waals surface area contributed by atoms with E-state index in [9.17, 15) is 19.2 Å². The highest BCUT2D eigenvalue weighted by Gasteiger charge is 2.54. The van der Waals surface area contributed by atoms with E-state index in [1.807, 2.05) is 0 Å². The van der Waals surface area contributed by atoms with Gasteiger partial charge in [-0.3, -0.25) is 24.1 Å². The molecule has 4 saturated carbocycles. The van der Waals surface area contributed by atoms with Gasteiger partial charge in [-0.1, -0.05) is 0 Å². The van der Waals surface area contributed by atoms with Crippen molar-refractivity contribution in [1.29, 1.82) is 0 Å². The molecule has 158 valence electrons. The first kappa shape index (κ1) is 19.3. The number of imide groups is 1. The van der Waals surface area contributed by atoms with Crippen molar-refractivity contribution in [2.75, 3.05) is 18.9 Å². The number of nitrogens with zero attached hydrogens (tertiary/aromatic N) is 1. The molecule has 0 spiro atoms. The van der Waals surface area contributed by atoms with Gasteiger partial charge in [0.05, 0.1) is 11.1 Å². The number of benzene rings is 1. The van der Waals surface area contributed by atoms with Gasteiger partial charge in [0.2, 0.25) is 11.8 Å². The summed E-state index contributed by atoms with van der Waals surface area (Å²) in [7, 11) is 1.44. The number of hydrogen-bond donors (Lipinski definition) is 2. The minimum Gasteiger partial charge on any atom is -0.355 e. The van der Waals surface area contributed by atoms with Gasteiger partial charge < -0.3 is 10.6 Å². The number of rotatable bonds is 5. The predicted octanol–water partition coefficient (Wildman–Crippen LogP) is 2.57. The van der Waals surface area contributed by atoms with E-state index in [2.05, 4.69) is 10.6 Å². The molecular formula is C23H27N3O4. The van der Waals surface area contributed by atoms with Crippen molar-refractivity contribution >= 4 is 29.3 Å². The van der Waals surface area contributed by atoms with Crippen LogP contribution >= 0.6 is 0 Å². The molecular weight excluding hydrogens is 382 g/mol. The van der Waals surface area contributed by atoms with E-state index in [4.69, 9.17) is 0 Å². The topological polar surface area (TPSA) is 95.6 Å². The number of amides is 4. The molecule has 5 aliphatic rings. The Morgan fingerprint density at radius 2 is 1.60 bits per heavy atom. The van der Waals surface area contributed by atoms with Crippen molar-refractivity contribution < 1.29 is 19.2 Å². The zero-order chi connectivity index (χ0) is 21.0. The van der Waals surface area contributed by atoms with Crippen LogP contribution in [0.1, 0.15) is 65.7 Å². The van der Waals surface area contributed by atoms with Crippen LogP contribution in [0.25, 0.3) is 0 Å². The molecule has 4 amide bonds. The normalized spacial score (nSPS) is 31.1. The second kappa shape index (κ2) is 6.93. The predicted molar refractivity (Wildman–Crippen MR) is 110 cm³/mol. The van der Waals surface area contributed by atoms with E-state index in [0.29, 0.717) is 41.1 Å². The number of carbonyl (C=O) groups excluding carboxylic acids is 4. The van der Waals surface area contributed by atoms with Gasteiger partial charge in [0.15, 0.2) is 0 Å². The van der Waals surface area contributed by atoms with Crippen LogP contribution in [0.4, 0.5) is 5.69 Å². The fourth-order valence-electron chi connectivity index (χ4n) is 6.53. The number of fused-ring (bicyclic) bond motifs is 1. The SMILES string of the molecule is CN1C(=O)c2ccc(NC(=O)CCNC(=O)C34CC5CC(CC(C5)C3)C4)cc2C1=O. The van der Waals surface area contributed by atoms with Gasteiger partial charge >= 0.3 is 0 Å². The fraction of sp³-hybridized carbons (Fsp3) is 0.565. The van der Waals surface area contributed by atoms with Crippen LogP contribution in [-0.4, -0.2) is 42.1 Å². The second-order valence-corrected chi connectivity index (χ2v) is 9.68. The molecule has 0 radical (unpaired) electrons. The largest absolute Gasteiger partial charge is 0.355 e. The van der Waals surface area contributed by atoms with Crippen molar-refractivity contribution in [2.24, 2.45) is 23.2 Å². The minimum absolute atomic E-state index is 0.124. The summed E-state index contributed by atoms with van der Waals surface area (Å²) in [5.74, 6) is 1.32. The molecule has 2 N–H and O–H groups in total. The minimum atomic E-state index is -0.367. The Labute approximate surface area is 175 Å². The quantitative estimate of drug-likeness (QED) is 0.731. The van der Waals surface area contributed by atoms with Gasteiger partial charge in [0, 0.05) is 31.1 Å². The summed E-state index contributed by atoms with van der Waals surface area (Å²) in [5.41, 5.74) is 0.922. The third-order valence-electron chi connectivity index (χ3n) is 7.53. The molecule has 1 aliphatic heterocycles. The molecule has 1 heterocycles. The Bertz CT molecular complexity index is 918. The lowest BCUT2D eigenvalue weighted by Gasteiger charge is -2.55. The van der Waals surface area contributed by atoms with E-state index in [1.165, 1.54) is 32.4 Å². The van der Waals surface area contributed by atoms with Gasteiger partial charge in [-0.05, 0) is 74.5 Å². The zero-order valence-corrected chi connectivity index (χ0v) is 17.2. The molecule has 4 fully saturated rings. The first-order valence-corrected chi connectivity index (χ1v) is 10.9. The summed E-state index contributed by atoms with van der Waals surface area (Å²) in [6, 6.07) is 4.71. The Balaban J connectivity index is 1.15. The maximum absolute atomic E-state index is 12.9. The summed E-state index contributed by atoms with van der Waals surface area (Å²) >= 11 is 0. The lowest BCUT2D eigenvalue weighted by atomic mass is 9.49. The fourth-order valence-corrected chi connectivity index (χ4v) is 6.53. The molecule has 1 aromatic rings. The summed E-state index contributed by atoms with van der Waals surface area (Å²) in [5, 5.41) is 5.77.